The normalized spacial score (nSPS) is 28.2. The van der Waals surface area contributed by atoms with Crippen LogP contribution >= 0.6 is 35.3 Å². The van der Waals surface area contributed by atoms with Crippen molar-refractivity contribution < 1.29 is 4.74 Å². The Morgan fingerprint density at radius 3 is 2.95 bits per heavy atom. The van der Waals surface area contributed by atoms with Crippen molar-refractivity contribution in [3.63, 3.8) is 0 Å². The second-order valence-electron chi connectivity index (χ2n) is 5.85. The van der Waals surface area contributed by atoms with Gasteiger partial charge in [-0.05, 0) is 55.0 Å². The Labute approximate surface area is 154 Å². The van der Waals surface area contributed by atoms with Gasteiger partial charge in [-0.15, -0.1) is 24.0 Å². The van der Waals surface area contributed by atoms with Gasteiger partial charge in [0.05, 0.1) is 12.1 Å². The van der Waals surface area contributed by atoms with Crippen LogP contribution in [0.4, 0.5) is 0 Å². The lowest BCUT2D eigenvalue weighted by Gasteiger charge is -2.38. The summed E-state index contributed by atoms with van der Waals surface area (Å²) in [4.78, 5) is 6.96. The second kappa shape index (κ2) is 8.49. The highest BCUT2D eigenvalue weighted by Crippen LogP contribution is 2.33. The average molecular weight is 435 g/mol. The predicted octanol–water partition coefficient (Wildman–Crippen LogP) is 3.65. The third kappa shape index (κ3) is 3.94. The number of nitrogens with zero attached hydrogens (tertiary/aromatic N) is 2. The van der Waals surface area contributed by atoms with E-state index < -0.39 is 0 Å². The first-order valence-electron chi connectivity index (χ1n) is 7.95. The first-order chi connectivity index (χ1) is 10.3. The zero-order valence-electron chi connectivity index (χ0n) is 13.3. The van der Waals surface area contributed by atoms with E-state index in [4.69, 9.17) is 4.74 Å². The molecule has 0 spiro atoms. The Morgan fingerprint density at radius 2 is 2.32 bits per heavy atom. The van der Waals surface area contributed by atoms with Gasteiger partial charge in [0, 0.05) is 26.2 Å². The molecule has 1 unspecified atom stereocenters. The van der Waals surface area contributed by atoms with Crippen molar-refractivity contribution in [2.24, 2.45) is 4.99 Å². The summed E-state index contributed by atoms with van der Waals surface area (Å²) in [6.07, 6.45) is 5.11. The van der Waals surface area contributed by atoms with Gasteiger partial charge in [-0.2, -0.15) is 11.3 Å². The predicted molar refractivity (Wildman–Crippen MR) is 103 cm³/mol. The highest BCUT2D eigenvalue weighted by atomic mass is 127. The fourth-order valence-electron chi connectivity index (χ4n) is 3.35. The highest BCUT2D eigenvalue weighted by Gasteiger charge is 2.34. The van der Waals surface area contributed by atoms with E-state index >= 15 is 0 Å². The summed E-state index contributed by atoms with van der Waals surface area (Å²) in [7, 11) is 1.89. The average Bonchev–Trinajstić information content (AvgIpc) is 3.10. The maximum Gasteiger partial charge on any atom is 0.194 e. The van der Waals surface area contributed by atoms with Crippen LogP contribution in [0.5, 0.6) is 0 Å². The summed E-state index contributed by atoms with van der Waals surface area (Å²) in [6, 6.07) is 3.25. The molecule has 4 nitrogen and oxygen atoms in total. The quantitative estimate of drug-likeness (QED) is 0.446. The van der Waals surface area contributed by atoms with Gasteiger partial charge in [-0.1, -0.05) is 0 Å². The molecule has 1 atom stereocenters. The van der Waals surface area contributed by atoms with E-state index in [9.17, 15) is 0 Å². The maximum atomic E-state index is 5.64. The van der Waals surface area contributed by atoms with Gasteiger partial charge in [0.2, 0.25) is 0 Å². The molecule has 0 amide bonds. The number of likely N-dealkylation sites (tertiary alicyclic amines) is 1. The van der Waals surface area contributed by atoms with Gasteiger partial charge in [0.25, 0.3) is 0 Å². The van der Waals surface area contributed by atoms with Crippen molar-refractivity contribution in [1.82, 2.24) is 10.2 Å². The fraction of sp³-hybridized carbons (Fsp3) is 0.688. The van der Waals surface area contributed by atoms with Crippen LogP contribution in [-0.2, 0) is 4.74 Å². The molecule has 22 heavy (non-hydrogen) atoms. The molecule has 0 aromatic carbocycles. The lowest BCUT2D eigenvalue weighted by Crippen LogP contribution is -2.52. The number of hydrogen-bond acceptors (Lipinski definition) is 3. The van der Waals surface area contributed by atoms with Crippen LogP contribution < -0.4 is 5.32 Å². The standard InChI is InChI=1S/C16H25N3OS.HI/c1-3-20-14-9-13(10-14)18-16(17-2)19-7-4-5-15(19)12-6-8-21-11-12;/h6,8,11,13-15H,3-5,7,9-10H2,1-2H3,(H,17,18);1H. The van der Waals surface area contributed by atoms with Gasteiger partial charge < -0.3 is 15.0 Å². The number of hydrogen-bond donors (Lipinski definition) is 1. The van der Waals surface area contributed by atoms with Crippen LogP contribution in [0, 0.1) is 0 Å². The van der Waals surface area contributed by atoms with Gasteiger partial charge in [-0.3, -0.25) is 4.99 Å². The van der Waals surface area contributed by atoms with Gasteiger partial charge in [0.15, 0.2) is 5.96 Å². The van der Waals surface area contributed by atoms with E-state index in [0.29, 0.717) is 18.2 Å². The van der Waals surface area contributed by atoms with Crippen molar-refractivity contribution in [1.29, 1.82) is 0 Å². The number of guanidine groups is 1. The number of rotatable bonds is 4. The molecule has 124 valence electrons. The second-order valence-corrected chi connectivity index (χ2v) is 6.63. The van der Waals surface area contributed by atoms with E-state index in [1.54, 1.807) is 11.3 Å². The first kappa shape index (κ1) is 18.0. The van der Waals surface area contributed by atoms with Crippen LogP contribution in [0.15, 0.2) is 21.8 Å². The van der Waals surface area contributed by atoms with Gasteiger partial charge >= 0.3 is 0 Å². The summed E-state index contributed by atoms with van der Waals surface area (Å²) < 4.78 is 5.64. The molecule has 6 heteroatoms. The third-order valence-corrected chi connectivity index (χ3v) is 5.20. The minimum atomic E-state index is 0. The highest BCUT2D eigenvalue weighted by molar-refractivity contribution is 14.0. The Hall–Kier alpha value is -0.340. The number of ether oxygens (including phenoxy) is 1. The summed E-state index contributed by atoms with van der Waals surface area (Å²) in [5.74, 6) is 1.06. The maximum absolute atomic E-state index is 5.64. The van der Waals surface area contributed by atoms with Crippen molar-refractivity contribution >= 4 is 41.3 Å². The Balaban J connectivity index is 0.00000176. The minimum Gasteiger partial charge on any atom is -0.378 e. The molecule has 1 aliphatic carbocycles. The molecule has 2 fully saturated rings. The van der Waals surface area contributed by atoms with Crippen molar-refractivity contribution in [2.45, 2.75) is 50.8 Å². The Kier molecular flexibility index (Phi) is 6.95. The zero-order valence-corrected chi connectivity index (χ0v) is 16.5. The Bertz CT molecular complexity index is 474. The molecule has 0 radical (unpaired) electrons. The van der Waals surface area contributed by atoms with E-state index in [1.807, 2.05) is 7.05 Å². The van der Waals surface area contributed by atoms with Crippen LogP contribution in [-0.4, -0.2) is 43.2 Å². The molecule has 2 heterocycles. The minimum absolute atomic E-state index is 0. The van der Waals surface area contributed by atoms with Gasteiger partial charge in [-0.25, -0.2) is 0 Å². The molecule has 3 rings (SSSR count). The smallest absolute Gasteiger partial charge is 0.194 e. The van der Waals surface area contributed by atoms with Crippen LogP contribution in [0.1, 0.15) is 44.2 Å². The fourth-order valence-corrected chi connectivity index (χ4v) is 4.05. The third-order valence-electron chi connectivity index (χ3n) is 4.50. The first-order valence-corrected chi connectivity index (χ1v) is 8.89. The number of thiophene rings is 1. The molecule has 1 saturated heterocycles. The molecule has 1 aliphatic heterocycles. The zero-order chi connectivity index (χ0) is 14.7. The Morgan fingerprint density at radius 1 is 1.50 bits per heavy atom. The molecule has 1 N–H and O–H groups in total. The van der Waals surface area contributed by atoms with Crippen molar-refractivity contribution in [3.8, 4) is 0 Å². The largest absolute Gasteiger partial charge is 0.378 e. The van der Waals surface area contributed by atoms with Crippen molar-refractivity contribution in [3.05, 3.63) is 22.4 Å². The van der Waals surface area contributed by atoms with Crippen molar-refractivity contribution in [2.75, 3.05) is 20.2 Å². The summed E-state index contributed by atoms with van der Waals surface area (Å²) in [6.45, 7) is 3.98. The molecular formula is C16H26IN3OS. The van der Waals surface area contributed by atoms with Gasteiger partial charge in [0.1, 0.15) is 0 Å². The topological polar surface area (TPSA) is 36.9 Å². The molecule has 1 aromatic rings. The van der Waals surface area contributed by atoms with Crippen LogP contribution in [0.2, 0.25) is 0 Å². The number of nitrogens with one attached hydrogen (secondary N) is 1. The molecule has 0 bridgehead atoms. The summed E-state index contributed by atoms with van der Waals surface area (Å²) in [5, 5.41) is 8.06. The van der Waals surface area contributed by atoms with E-state index in [-0.39, 0.29) is 24.0 Å². The lowest BCUT2D eigenvalue weighted by molar-refractivity contribution is -0.00633. The molecule has 1 saturated carbocycles. The number of aliphatic imine (C=N–C) groups is 1. The van der Waals surface area contributed by atoms with Crippen LogP contribution in [0.25, 0.3) is 0 Å². The molecular weight excluding hydrogens is 409 g/mol. The summed E-state index contributed by atoms with van der Waals surface area (Å²) >= 11 is 1.78. The molecule has 2 aliphatic rings. The van der Waals surface area contributed by atoms with E-state index in [1.165, 1.54) is 18.4 Å². The van der Waals surface area contributed by atoms with E-state index in [2.05, 4.69) is 39.0 Å². The number of halogens is 1. The van der Waals surface area contributed by atoms with E-state index in [0.717, 1.165) is 32.0 Å². The molecule has 1 aromatic heterocycles. The monoisotopic (exact) mass is 435 g/mol. The summed E-state index contributed by atoms with van der Waals surface area (Å²) in [5.41, 5.74) is 1.43. The van der Waals surface area contributed by atoms with Crippen LogP contribution in [0.3, 0.4) is 0 Å². The lowest BCUT2D eigenvalue weighted by atomic mass is 9.89. The SMILES string of the molecule is CCOC1CC(NC(=NC)N2CCCC2c2ccsc2)C1.I.